The van der Waals surface area contributed by atoms with Crippen molar-refractivity contribution in [2.75, 3.05) is 0 Å². The molecule has 0 bridgehead atoms. The third kappa shape index (κ3) is 2.61. The molecule has 154 valence electrons. The summed E-state index contributed by atoms with van der Waals surface area (Å²) in [4.78, 5) is 13.0. The van der Waals surface area contributed by atoms with Crippen molar-refractivity contribution in [3.63, 3.8) is 0 Å². The van der Waals surface area contributed by atoms with Gasteiger partial charge in [-0.25, -0.2) is 4.98 Å². The van der Waals surface area contributed by atoms with Gasteiger partial charge in [0.2, 0.25) is 0 Å². The summed E-state index contributed by atoms with van der Waals surface area (Å²) in [5, 5.41) is 10.9. The lowest BCUT2D eigenvalue weighted by molar-refractivity contribution is 0.689. The summed E-state index contributed by atoms with van der Waals surface area (Å²) in [5.41, 5.74) is 10.7. The highest BCUT2D eigenvalue weighted by atomic mass is 15.1. The molecule has 0 aliphatic heterocycles. The highest BCUT2D eigenvalue weighted by Crippen LogP contribution is 2.39. The van der Waals surface area contributed by atoms with Crippen LogP contribution in [0.15, 0.2) is 67.1 Å². The Labute approximate surface area is 184 Å². The second-order valence-electron chi connectivity index (χ2n) is 8.64. The fourth-order valence-electron chi connectivity index (χ4n) is 5.25. The van der Waals surface area contributed by atoms with E-state index in [2.05, 4.69) is 56.6 Å². The first-order valence-corrected chi connectivity index (χ1v) is 11.2. The van der Waals surface area contributed by atoms with Gasteiger partial charge in [0.05, 0.1) is 22.9 Å². The molecule has 0 fully saturated rings. The summed E-state index contributed by atoms with van der Waals surface area (Å²) < 4.78 is 0. The molecule has 2 aromatic carbocycles. The molecule has 0 saturated heterocycles. The predicted molar refractivity (Wildman–Crippen MR) is 129 cm³/mol. The fraction of sp³-hybridized carbons (Fsp3) is 0.148. The zero-order chi connectivity index (χ0) is 21.1. The summed E-state index contributed by atoms with van der Waals surface area (Å²) >= 11 is 0. The number of nitrogens with zero attached hydrogens (tertiary/aromatic N) is 3. The lowest BCUT2D eigenvalue weighted by Gasteiger charge is -2.22. The van der Waals surface area contributed by atoms with Crippen LogP contribution in [0, 0.1) is 0 Å². The van der Waals surface area contributed by atoms with Crippen LogP contribution < -0.4 is 0 Å². The highest BCUT2D eigenvalue weighted by molar-refractivity contribution is 6.10. The van der Waals surface area contributed by atoms with Crippen molar-refractivity contribution in [3.05, 3.63) is 78.2 Å². The maximum Gasteiger partial charge on any atom is 0.0744 e. The summed E-state index contributed by atoms with van der Waals surface area (Å²) in [6.45, 7) is 0. The number of aromatic amines is 2. The number of rotatable bonds is 2. The van der Waals surface area contributed by atoms with Gasteiger partial charge in [-0.05, 0) is 79.3 Å². The van der Waals surface area contributed by atoms with Crippen LogP contribution in [-0.2, 0) is 12.8 Å². The third-order valence-electron chi connectivity index (χ3n) is 6.77. The maximum absolute atomic E-state index is 5.23. The van der Waals surface area contributed by atoms with Crippen LogP contribution in [0.2, 0.25) is 0 Å². The first-order chi connectivity index (χ1) is 15.8. The molecule has 2 N–H and O–H groups in total. The molecule has 5 heteroatoms. The second-order valence-corrected chi connectivity index (χ2v) is 8.64. The van der Waals surface area contributed by atoms with Gasteiger partial charge >= 0.3 is 0 Å². The summed E-state index contributed by atoms with van der Waals surface area (Å²) in [7, 11) is 0. The Kier molecular flexibility index (Phi) is 3.73. The van der Waals surface area contributed by atoms with Crippen molar-refractivity contribution in [1.29, 1.82) is 0 Å². The number of nitrogens with one attached hydrogen (secondary N) is 2. The Morgan fingerprint density at radius 1 is 0.781 bits per heavy atom. The van der Waals surface area contributed by atoms with Gasteiger partial charge in [-0.2, -0.15) is 5.10 Å². The van der Waals surface area contributed by atoms with E-state index in [0.29, 0.717) is 0 Å². The zero-order valence-electron chi connectivity index (χ0n) is 17.5. The zero-order valence-corrected chi connectivity index (χ0v) is 17.5. The number of pyridine rings is 2. The minimum absolute atomic E-state index is 1.06. The highest BCUT2D eigenvalue weighted by Gasteiger charge is 2.21. The van der Waals surface area contributed by atoms with Gasteiger partial charge in [-0.3, -0.25) is 10.1 Å². The van der Waals surface area contributed by atoms with Gasteiger partial charge in [0.25, 0.3) is 0 Å². The molecule has 0 unspecified atom stereocenters. The van der Waals surface area contributed by atoms with Gasteiger partial charge in [0.1, 0.15) is 0 Å². The van der Waals surface area contributed by atoms with Crippen molar-refractivity contribution in [2.45, 2.75) is 25.7 Å². The van der Waals surface area contributed by atoms with Crippen molar-refractivity contribution in [3.8, 4) is 22.5 Å². The smallest absolute Gasteiger partial charge is 0.0744 e. The molecule has 0 saturated carbocycles. The molecule has 6 aromatic rings. The van der Waals surface area contributed by atoms with Crippen LogP contribution in [0.1, 0.15) is 24.0 Å². The molecule has 1 aliphatic carbocycles. The Hall–Kier alpha value is -3.99. The van der Waals surface area contributed by atoms with Crippen LogP contribution >= 0.6 is 0 Å². The third-order valence-corrected chi connectivity index (χ3v) is 6.77. The van der Waals surface area contributed by atoms with Gasteiger partial charge in [0, 0.05) is 50.9 Å². The standard InChI is InChI=1S/C27H21N5/c1-2-4-20-19(3-1)26-21-14-25(16-9-11-28-12-10-16)30-23(21)7-8-24(26)31-27(20)17-5-6-22-18(13-17)15-29-32-22/h5-15,30H,1-4H2,(H,29,32). The van der Waals surface area contributed by atoms with Crippen LogP contribution in [-0.4, -0.2) is 25.1 Å². The molecular weight excluding hydrogens is 394 g/mol. The number of aromatic nitrogens is 5. The molecular formula is C27H21N5. The molecule has 1 aliphatic rings. The average Bonchev–Trinajstić information content (AvgIpc) is 3.50. The number of hydrogen-bond donors (Lipinski definition) is 2. The molecule has 4 heterocycles. The molecule has 32 heavy (non-hydrogen) atoms. The van der Waals surface area contributed by atoms with Crippen molar-refractivity contribution < 1.29 is 0 Å². The van der Waals surface area contributed by atoms with E-state index in [1.807, 2.05) is 30.7 Å². The second kappa shape index (κ2) is 6.76. The minimum Gasteiger partial charge on any atom is -0.355 e. The lowest BCUT2D eigenvalue weighted by Crippen LogP contribution is -2.07. The van der Waals surface area contributed by atoms with E-state index in [-0.39, 0.29) is 0 Å². The first kappa shape index (κ1) is 17.7. The van der Waals surface area contributed by atoms with E-state index >= 15 is 0 Å². The van der Waals surface area contributed by atoms with E-state index in [1.165, 1.54) is 40.3 Å². The number of H-pyrrole nitrogens is 2. The van der Waals surface area contributed by atoms with Crippen LogP contribution in [0.5, 0.6) is 0 Å². The normalized spacial score (nSPS) is 13.8. The fourth-order valence-corrected chi connectivity index (χ4v) is 5.25. The molecule has 0 atom stereocenters. The Morgan fingerprint density at radius 3 is 2.53 bits per heavy atom. The van der Waals surface area contributed by atoms with E-state index in [1.54, 1.807) is 0 Å². The van der Waals surface area contributed by atoms with E-state index in [9.17, 15) is 0 Å². The SMILES string of the molecule is c1cc(-c2cc3c(ccc4nc(-c5ccc6[nH]ncc6c5)c5c(c43)CCCC5)[nH]2)ccn1. The summed E-state index contributed by atoms with van der Waals surface area (Å²) in [6, 6.07) is 17.2. The largest absolute Gasteiger partial charge is 0.355 e. The maximum atomic E-state index is 5.23. The molecule has 0 radical (unpaired) electrons. The minimum atomic E-state index is 1.06. The topological polar surface area (TPSA) is 70.2 Å². The van der Waals surface area contributed by atoms with Crippen LogP contribution in [0.25, 0.3) is 55.2 Å². The van der Waals surface area contributed by atoms with Gasteiger partial charge in [-0.15, -0.1) is 0 Å². The number of fused-ring (bicyclic) bond motifs is 6. The van der Waals surface area contributed by atoms with Crippen molar-refractivity contribution >= 4 is 32.7 Å². The molecule has 5 nitrogen and oxygen atoms in total. The van der Waals surface area contributed by atoms with Crippen molar-refractivity contribution in [1.82, 2.24) is 25.1 Å². The summed E-state index contributed by atoms with van der Waals surface area (Å²) in [6.07, 6.45) is 10.2. The van der Waals surface area contributed by atoms with Gasteiger partial charge in [0.15, 0.2) is 0 Å². The monoisotopic (exact) mass is 415 g/mol. The number of benzene rings is 2. The Morgan fingerprint density at radius 2 is 1.62 bits per heavy atom. The van der Waals surface area contributed by atoms with Gasteiger partial charge in [-0.1, -0.05) is 6.07 Å². The molecule has 0 spiro atoms. The Bertz CT molecular complexity index is 1620. The molecule has 7 rings (SSSR count). The quantitative estimate of drug-likeness (QED) is 0.354. The average molecular weight is 416 g/mol. The van der Waals surface area contributed by atoms with E-state index in [4.69, 9.17) is 4.98 Å². The molecule has 4 aromatic heterocycles. The molecule has 0 amide bonds. The lowest BCUT2D eigenvalue weighted by atomic mass is 9.85. The van der Waals surface area contributed by atoms with E-state index < -0.39 is 0 Å². The number of aryl methyl sites for hydroxylation is 1. The first-order valence-electron chi connectivity index (χ1n) is 11.2. The van der Waals surface area contributed by atoms with Crippen LogP contribution in [0.4, 0.5) is 0 Å². The van der Waals surface area contributed by atoms with Gasteiger partial charge < -0.3 is 4.98 Å². The summed E-state index contributed by atoms with van der Waals surface area (Å²) in [5.74, 6) is 0. The van der Waals surface area contributed by atoms with Crippen molar-refractivity contribution in [2.24, 2.45) is 0 Å². The van der Waals surface area contributed by atoms with Crippen LogP contribution in [0.3, 0.4) is 0 Å². The number of hydrogen-bond acceptors (Lipinski definition) is 3. The predicted octanol–water partition coefficient (Wildman–Crippen LogP) is 6.20. The Balaban J connectivity index is 1.51. The van der Waals surface area contributed by atoms with E-state index in [0.717, 1.165) is 51.7 Å².